The van der Waals surface area contributed by atoms with Crippen molar-refractivity contribution in [3.63, 3.8) is 0 Å². The molecule has 1 aromatic heterocycles. The monoisotopic (exact) mass is 389 g/mol. The number of carbonyl (C=O) groups excluding carboxylic acids is 1. The van der Waals surface area contributed by atoms with Crippen molar-refractivity contribution >= 4 is 43.2 Å². The Balaban J connectivity index is 1.71. The van der Waals surface area contributed by atoms with Crippen LogP contribution in [0.15, 0.2) is 48.5 Å². The summed E-state index contributed by atoms with van der Waals surface area (Å²) in [5, 5.41) is 3.53. The SMILES string of the molecule is Cc1ccccc1N(CC(=O)NCc1nc2ccccc2s1)S(C)(=O)=O. The van der Waals surface area contributed by atoms with Gasteiger partial charge >= 0.3 is 0 Å². The Morgan fingerprint density at radius 2 is 1.85 bits per heavy atom. The molecule has 26 heavy (non-hydrogen) atoms. The molecule has 8 heteroatoms. The third-order valence-corrected chi connectivity index (χ3v) is 6.01. The fourth-order valence-electron chi connectivity index (χ4n) is 2.58. The number of aromatic nitrogens is 1. The number of hydrogen-bond donors (Lipinski definition) is 1. The highest BCUT2D eigenvalue weighted by Crippen LogP contribution is 2.22. The van der Waals surface area contributed by atoms with E-state index in [0.29, 0.717) is 5.69 Å². The number of carbonyl (C=O) groups is 1. The maximum Gasteiger partial charge on any atom is 0.241 e. The number of amides is 1. The molecule has 1 heterocycles. The molecule has 136 valence electrons. The summed E-state index contributed by atoms with van der Waals surface area (Å²) >= 11 is 1.50. The van der Waals surface area contributed by atoms with Crippen molar-refractivity contribution in [3.05, 3.63) is 59.1 Å². The highest BCUT2D eigenvalue weighted by Gasteiger charge is 2.22. The molecule has 0 saturated heterocycles. The van der Waals surface area contributed by atoms with Crippen LogP contribution in [0.2, 0.25) is 0 Å². The first-order chi connectivity index (χ1) is 12.3. The predicted octanol–water partition coefficient (Wildman–Crippen LogP) is 2.69. The average Bonchev–Trinajstić information content (AvgIpc) is 3.01. The molecule has 3 aromatic rings. The Hall–Kier alpha value is -2.45. The van der Waals surface area contributed by atoms with E-state index < -0.39 is 10.0 Å². The van der Waals surface area contributed by atoms with Gasteiger partial charge in [-0.2, -0.15) is 0 Å². The molecule has 0 radical (unpaired) electrons. The van der Waals surface area contributed by atoms with Crippen LogP contribution in [0.3, 0.4) is 0 Å². The molecule has 0 aliphatic carbocycles. The fraction of sp³-hybridized carbons (Fsp3) is 0.222. The van der Waals surface area contributed by atoms with Crippen LogP contribution in [0.1, 0.15) is 10.6 Å². The van der Waals surface area contributed by atoms with Gasteiger partial charge in [0.25, 0.3) is 0 Å². The molecular weight excluding hydrogens is 370 g/mol. The van der Waals surface area contributed by atoms with Gasteiger partial charge in [0.15, 0.2) is 0 Å². The van der Waals surface area contributed by atoms with Crippen molar-refractivity contribution in [2.24, 2.45) is 0 Å². The second-order valence-corrected chi connectivity index (χ2v) is 8.93. The zero-order chi connectivity index (χ0) is 18.7. The molecule has 0 fully saturated rings. The third kappa shape index (κ3) is 4.20. The lowest BCUT2D eigenvalue weighted by molar-refractivity contribution is -0.119. The second-order valence-electron chi connectivity index (χ2n) is 5.91. The van der Waals surface area contributed by atoms with Crippen LogP contribution < -0.4 is 9.62 Å². The summed E-state index contributed by atoms with van der Waals surface area (Å²) in [6.07, 6.45) is 1.10. The van der Waals surface area contributed by atoms with Crippen molar-refractivity contribution in [1.29, 1.82) is 0 Å². The molecule has 6 nitrogen and oxygen atoms in total. The van der Waals surface area contributed by atoms with Crippen molar-refractivity contribution in [2.45, 2.75) is 13.5 Å². The van der Waals surface area contributed by atoms with Gasteiger partial charge in [0.2, 0.25) is 15.9 Å². The Bertz CT molecular complexity index is 1010. The minimum absolute atomic E-state index is 0.267. The van der Waals surface area contributed by atoms with Crippen LogP contribution in [-0.4, -0.2) is 32.1 Å². The average molecular weight is 390 g/mol. The van der Waals surface area contributed by atoms with E-state index in [9.17, 15) is 13.2 Å². The number of para-hydroxylation sites is 2. The van der Waals surface area contributed by atoms with Crippen LogP contribution in [0.5, 0.6) is 0 Å². The molecule has 1 amide bonds. The first-order valence-corrected chi connectivity index (χ1v) is 10.7. The zero-order valence-electron chi connectivity index (χ0n) is 14.5. The zero-order valence-corrected chi connectivity index (χ0v) is 16.1. The highest BCUT2D eigenvalue weighted by atomic mass is 32.2. The van der Waals surface area contributed by atoms with E-state index >= 15 is 0 Å². The van der Waals surface area contributed by atoms with E-state index in [0.717, 1.165) is 31.3 Å². The minimum atomic E-state index is -3.58. The van der Waals surface area contributed by atoms with Gasteiger partial charge < -0.3 is 5.32 Å². The van der Waals surface area contributed by atoms with E-state index in [1.807, 2.05) is 43.3 Å². The van der Waals surface area contributed by atoms with Crippen molar-refractivity contribution in [1.82, 2.24) is 10.3 Å². The van der Waals surface area contributed by atoms with E-state index in [4.69, 9.17) is 0 Å². The lowest BCUT2D eigenvalue weighted by Crippen LogP contribution is -2.40. The number of fused-ring (bicyclic) bond motifs is 1. The highest BCUT2D eigenvalue weighted by molar-refractivity contribution is 7.92. The molecule has 0 bridgehead atoms. The Morgan fingerprint density at radius 3 is 2.54 bits per heavy atom. The number of rotatable bonds is 6. The van der Waals surface area contributed by atoms with Crippen molar-refractivity contribution in [3.8, 4) is 0 Å². The predicted molar refractivity (Wildman–Crippen MR) is 105 cm³/mol. The number of hydrogen-bond acceptors (Lipinski definition) is 5. The number of thiazole rings is 1. The molecular formula is C18H19N3O3S2. The van der Waals surface area contributed by atoms with E-state index in [1.165, 1.54) is 11.3 Å². The van der Waals surface area contributed by atoms with Gasteiger partial charge in [-0.25, -0.2) is 13.4 Å². The minimum Gasteiger partial charge on any atom is -0.348 e. The van der Waals surface area contributed by atoms with E-state index in [2.05, 4.69) is 10.3 Å². The molecule has 0 spiro atoms. The molecule has 0 saturated carbocycles. The Kier molecular flexibility index (Phi) is 5.24. The van der Waals surface area contributed by atoms with Crippen molar-refractivity contribution in [2.75, 3.05) is 17.1 Å². The number of nitrogens with one attached hydrogen (secondary N) is 1. The lowest BCUT2D eigenvalue weighted by atomic mass is 10.2. The molecule has 2 aromatic carbocycles. The normalized spacial score (nSPS) is 11.5. The summed E-state index contributed by atoms with van der Waals surface area (Å²) in [7, 11) is -3.58. The standard InChI is InChI=1S/C18H19N3O3S2/c1-13-7-3-5-9-15(13)21(26(2,23)24)12-17(22)19-11-18-20-14-8-4-6-10-16(14)25-18/h3-10H,11-12H2,1-2H3,(H,19,22). The lowest BCUT2D eigenvalue weighted by Gasteiger charge is -2.23. The summed E-state index contributed by atoms with van der Waals surface area (Å²) in [6, 6.07) is 14.8. The molecule has 0 aliphatic rings. The molecule has 3 rings (SSSR count). The van der Waals surface area contributed by atoms with Crippen LogP contribution >= 0.6 is 11.3 Å². The molecule has 0 aliphatic heterocycles. The summed E-state index contributed by atoms with van der Waals surface area (Å²) in [4.78, 5) is 16.8. The summed E-state index contributed by atoms with van der Waals surface area (Å²) in [6.45, 7) is 1.81. The maximum absolute atomic E-state index is 12.3. The number of aryl methyl sites for hydroxylation is 1. The van der Waals surface area contributed by atoms with Gasteiger partial charge in [-0.15, -0.1) is 11.3 Å². The number of anilines is 1. The first-order valence-electron chi connectivity index (χ1n) is 7.99. The maximum atomic E-state index is 12.3. The smallest absolute Gasteiger partial charge is 0.241 e. The van der Waals surface area contributed by atoms with Crippen LogP contribution in [0.25, 0.3) is 10.2 Å². The van der Waals surface area contributed by atoms with Crippen LogP contribution in [0, 0.1) is 6.92 Å². The molecule has 0 atom stereocenters. The number of benzene rings is 2. The largest absolute Gasteiger partial charge is 0.348 e. The first kappa shape index (κ1) is 18.3. The quantitative estimate of drug-likeness (QED) is 0.703. The summed E-state index contributed by atoms with van der Waals surface area (Å²) < 4.78 is 26.5. The summed E-state index contributed by atoms with van der Waals surface area (Å²) in [5.41, 5.74) is 2.18. The third-order valence-electron chi connectivity index (χ3n) is 3.85. The van der Waals surface area contributed by atoms with E-state index in [-0.39, 0.29) is 19.0 Å². The van der Waals surface area contributed by atoms with Gasteiger partial charge in [-0.05, 0) is 30.7 Å². The Morgan fingerprint density at radius 1 is 1.15 bits per heavy atom. The van der Waals surface area contributed by atoms with Gasteiger partial charge in [0, 0.05) is 0 Å². The van der Waals surface area contributed by atoms with Crippen molar-refractivity contribution < 1.29 is 13.2 Å². The number of sulfonamides is 1. The Labute approximate surface area is 156 Å². The van der Waals surface area contributed by atoms with Gasteiger partial charge in [-0.1, -0.05) is 30.3 Å². The fourth-order valence-corrected chi connectivity index (χ4v) is 4.40. The van der Waals surface area contributed by atoms with Gasteiger partial charge in [0.05, 0.1) is 28.7 Å². The van der Waals surface area contributed by atoms with Crippen LogP contribution in [-0.2, 0) is 21.4 Å². The topological polar surface area (TPSA) is 79.4 Å². The molecule has 1 N–H and O–H groups in total. The second kappa shape index (κ2) is 7.43. The van der Waals surface area contributed by atoms with Crippen LogP contribution in [0.4, 0.5) is 5.69 Å². The molecule has 0 unspecified atom stereocenters. The van der Waals surface area contributed by atoms with E-state index in [1.54, 1.807) is 12.1 Å². The van der Waals surface area contributed by atoms with Gasteiger partial charge in [-0.3, -0.25) is 9.10 Å². The summed E-state index contributed by atoms with van der Waals surface area (Å²) in [5.74, 6) is -0.377. The number of nitrogens with zero attached hydrogens (tertiary/aromatic N) is 2. The van der Waals surface area contributed by atoms with Gasteiger partial charge in [0.1, 0.15) is 11.6 Å².